The highest BCUT2D eigenvalue weighted by Gasteiger charge is 2.30. The van der Waals surface area contributed by atoms with Gasteiger partial charge in [-0.1, -0.05) is 12.1 Å². The zero-order valence-electron chi connectivity index (χ0n) is 14.3. The number of hydrogen-bond acceptors (Lipinski definition) is 3. The Morgan fingerprint density at radius 2 is 1.89 bits per heavy atom. The molecule has 144 valence electrons. The molecule has 3 heterocycles. The Morgan fingerprint density at radius 1 is 1.11 bits per heavy atom. The van der Waals surface area contributed by atoms with Crippen molar-refractivity contribution in [3.63, 3.8) is 0 Å². The molecule has 5 nitrogen and oxygen atoms in total. The molecule has 2 aromatic heterocycles. The highest BCUT2D eigenvalue weighted by atomic mass is 35.5. The molecule has 0 spiro atoms. The van der Waals surface area contributed by atoms with Crippen LogP contribution in [-0.4, -0.2) is 27.0 Å². The second kappa shape index (κ2) is 7.58. The van der Waals surface area contributed by atoms with Gasteiger partial charge in [0.25, 0.3) is 0 Å². The lowest BCUT2D eigenvalue weighted by molar-refractivity contribution is -0.137. The third-order valence-corrected chi connectivity index (χ3v) is 4.21. The molecular formula is C18H18ClF3N4O. The van der Waals surface area contributed by atoms with Crippen LogP contribution in [0.2, 0.25) is 0 Å². The van der Waals surface area contributed by atoms with Gasteiger partial charge in [-0.2, -0.15) is 13.2 Å². The van der Waals surface area contributed by atoms with Crippen molar-refractivity contribution in [2.75, 3.05) is 6.54 Å². The molecule has 0 amide bonds. The van der Waals surface area contributed by atoms with E-state index in [9.17, 15) is 13.2 Å². The molecule has 0 atom stereocenters. The van der Waals surface area contributed by atoms with Gasteiger partial charge in [0.2, 0.25) is 0 Å². The lowest BCUT2D eigenvalue weighted by Crippen LogP contribution is -2.04. The van der Waals surface area contributed by atoms with Crippen molar-refractivity contribution in [1.29, 1.82) is 0 Å². The zero-order chi connectivity index (χ0) is 17.6. The fourth-order valence-electron chi connectivity index (χ4n) is 3.04. The van der Waals surface area contributed by atoms with E-state index in [1.807, 2.05) is 13.1 Å². The highest BCUT2D eigenvalue weighted by molar-refractivity contribution is 5.91. The van der Waals surface area contributed by atoms with E-state index in [0.29, 0.717) is 22.6 Å². The number of halogens is 4. The van der Waals surface area contributed by atoms with Crippen molar-refractivity contribution in [3.05, 3.63) is 53.6 Å². The minimum atomic E-state index is -4.37. The van der Waals surface area contributed by atoms with Crippen LogP contribution < -0.4 is 5.32 Å². The molecule has 9 heteroatoms. The first-order valence-corrected chi connectivity index (χ1v) is 7.89. The van der Waals surface area contributed by atoms with Crippen molar-refractivity contribution >= 4 is 29.0 Å². The Kier molecular flexibility index (Phi) is 5.82. The Hall–Kier alpha value is -2.58. The van der Waals surface area contributed by atoms with Crippen LogP contribution in [0.4, 0.5) is 13.2 Å². The number of nitrogens with one attached hydrogen (secondary N) is 2. The van der Waals surface area contributed by atoms with Crippen LogP contribution in [0.25, 0.3) is 27.9 Å². The minimum Gasteiger partial charge on any atom is -0.412 e. The lowest BCUT2D eigenvalue weighted by atomic mass is 10.1. The van der Waals surface area contributed by atoms with E-state index >= 15 is 0 Å². The summed E-state index contributed by atoms with van der Waals surface area (Å²) in [5.41, 5.74) is 3.69. The molecule has 0 aliphatic carbocycles. The monoisotopic (exact) mass is 398 g/mol. The number of nitrogens with zero attached hydrogens (tertiary/aromatic N) is 2. The van der Waals surface area contributed by atoms with E-state index in [0.717, 1.165) is 41.9 Å². The molecule has 1 aromatic carbocycles. The first kappa shape index (κ1) is 20.7. The number of hydrogen-bond donors (Lipinski definition) is 2. The molecule has 0 unspecified atom stereocenters. The number of alkyl halides is 3. The number of benzene rings is 1. The molecular weight excluding hydrogens is 381 g/mol. The summed E-state index contributed by atoms with van der Waals surface area (Å²) in [6, 6.07) is 7.03. The number of fused-ring (bicyclic) bond motifs is 1. The maximum atomic E-state index is 13.0. The van der Waals surface area contributed by atoms with Gasteiger partial charge in [0, 0.05) is 18.4 Å². The maximum Gasteiger partial charge on any atom is 0.416 e. The van der Waals surface area contributed by atoms with Gasteiger partial charge in [-0.25, -0.2) is 9.97 Å². The van der Waals surface area contributed by atoms with Crippen molar-refractivity contribution in [2.45, 2.75) is 19.5 Å². The predicted octanol–water partition coefficient (Wildman–Crippen LogP) is 3.88. The summed E-state index contributed by atoms with van der Waals surface area (Å²) in [5, 5.41) is 3.16. The van der Waals surface area contributed by atoms with E-state index in [1.165, 1.54) is 6.07 Å². The molecule has 1 aliphatic heterocycles. The highest BCUT2D eigenvalue weighted by Crippen LogP contribution is 2.34. The van der Waals surface area contributed by atoms with Gasteiger partial charge in [-0.05, 0) is 42.7 Å². The molecule has 0 fully saturated rings. The lowest BCUT2D eigenvalue weighted by Gasteiger charge is -2.07. The van der Waals surface area contributed by atoms with E-state index in [4.69, 9.17) is 0 Å². The van der Waals surface area contributed by atoms with Gasteiger partial charge in [0.05, 0.1) is 22.3 Å². The fourth-order valence-corrected chi connectivity index (χ4v) is 3.04. The number of aryl methyl sites for hydroxylation is 1. The summed E-state index contributed by atoms with van der Waals surface area (Å²) < 4.78 is 38.9. The first-order chi connectivity index (χ1) is 11.9. The van der Waals surface area contributed by atoms with Gasteiger partial charge in [-0.3, -0.25) is 0 Å². The van der Waals surface area contributed by atoms with E-state index < -0.39 is 11.7 Å². The van der Waals surface area contributed by atoms with Crippen LogP contribution in [0.3, 0.4) is 0 Å². The smallest absolute Gasteiger partial charge is 0.412 e. The summed E-state index contributed by atoms with van der Waals surface area (Å²) in [6.07, 6.45) is -1.60. The normalized spacial score (nSPS) is 13.6. The Morgan fingerprint density at radius 3 is 2.56 bits per heavy atom. The quantitative estimate of drug-likeness (QED) is 0.686. The Labute approximate surface area is 159 Å². The topological polar surface area (TPSA) is 85.1 Å². The summed E-state index contributed by atoms with van der Waals surface area (Å²) >= 11 is 0. The standard InChI is InChI=1S/C18H15F3N4.ClH.H2O/c1-10-23-15-8-14(11-3-2-4-13(7-11)18(19,20)21)25-17(15)16(24-10)12-5-6-22-9-12;;/h2-4,7-9,22,25H,5-6H2,1H3;1H;1H2. The predicted molar refractivity (Wildman–Crippen MR) is 101 cm³/mol. The third kappa shape index (κ3) is 3.91. The van der Waals surface area contributed by atoms with E-state index in [1.54, 1.807) is 12.1 Å². The summed E-state index contributed by atoms with van der Waals surface area (Å²) in [6.45, 7) is 2.66. The average Bonchev–Trinajstić information content (AvgIpc) is 3.23. The average molecular weight is 399 g/mol. The second-order valence-corrected chi connectivity index (χ2v) is 6.01. The Balaban J connectivity index is 0.00000131. The molecule has 4 N–H and O–H groups in total. The fraction of sp³-hybridized carbons (Fsp3) is 0.222. The van der Waals surface area contributed by atoms with Gasteiger partial charge >= 0.3 is 6.18 Å². The number of aromatic nitrogens is 3. The second-order valence-electron chi connectivity index (χ2n) is 6.01. The molecule has 0 saturated heterocycles. The van der Waals surface area contributed by atoms with Gasteiger partial charge < -0.3 is 15.8 Å². The SMILES string of the molecule is Cc1nc(C2=CNCC2)c2[nH]c(-c3cccc(C(F)(F)F)c3)cc2n1.Cl.O. The molecule has 0 saturated carbocycles. The van der Waals surface area contributed by atoms with Crippen molar-refractivity contribution in [3.8, 4) is 11.3 Å². The van der Waals surface area contributed by atoms with Gasteiger partial charge in [-0.15, -0.1) is 12.4 Å². The molecule has 0 bridgehead atoms. The van der Waals surface area contributed by atoms with Crippen molar-refractivity contribution in [2.24, 2.45) is 0 Å². The van der Waals surface area contributed by atoms with Crippen LogP contribution in [0.15, 0.2) is 36.5 Å². The van der Waals surface area contributed by atoms with Crippen LogP contribution in [0, 0.1) is 6.92 Å². The van der Waals surface area contributed by atoms with Crippen LogP contribution in [0.1, 0.15) is 23.5 Å². The molecule has 1 aliphatic rings. The largest absolute Gasteiger partial charge is 0.416 e. The number of rotatable bonds is 2. The van der Waals surface area contributed by atoms with Crippen LogP contribution in [-0.2, 0) is 6.18 Å². The molecule has 27 heavy (non-hydrogen) atoms. The number of aromatic amines is 1. The van der Waals surface area contributed by atoms with E-state index in [-0.39, 0.29) is 17.9 Å². The summed E-state index contributed by atoms with van der Waals surface area (Å²) in [4.78, 5) is 12.1. The summed E-state index contributed by atoms with van der Waals surface area (Å²) in [7, 11) is 0. The summed E-state index contributed by atoms with van der Waals surface area (Å²) in [5.74, 6) is 0.630. The maximum absolute atomic E-state index is 13.0. The number of H-pyrrole nitrogens is 1. The molecule has 0 radical (unpaired) electrons. The third-order valence-electron chi connectivity index (χ3n) is 4.21. The minimum absolute atomic E-state index is 0. The van der Waals surface area contributed by atoms with Crippen LogP contribution >= 0.6 is 12.4 Å². The van der Waals surface area contributed by atoms with E-state index in [2.05, 4.69) is 20.3 Å². The van der Waals surface area contributed by atoms with Gasteiger partial charge in [0.1, 0.15) is 5.82 Å². The van der Waals surface area contributed by atoms with Crippen LogP contribution in [0.5, 0.6) is 0 Å². The zero-order valence-corrected chi connectivity index (χ0v) is 15.1. The van der Waals surface area contributed by atoms with Crippen molar-refractivity contribution < 1.29 is 18.6 Å². The Bertz CT molecular complexity index is 998. The van der Waals surface area contributed by atoms with Gasteiger partial charge in [0.15, 0.2) is 0 Å². The molecule has 3 aromatic rings. The first-order valence-electron chi connectivity index (χ1n) is 7.89. The molecule has 4 rings (SSSR count). The van der Waals surface area contributed by atoms with Crippen molar-refractivity contribution in [1.82, 2.24) is 20.3 Å².